The van der Waals surface area contributed by atoms with E-state index in [1.807, 2.05) is 12.1 Å². The molecule has 16 heavy (non-hydrogen) atoms. The quantitative estimate of drug-likeness (QED) is 0.752. The molecule has 0 bridgehead atoms. The summed E-state index contributed by atoms with van der Waals surface area (Å²) in [6, 6.07) is 3.86. The van der Waals surface area contributed by atoms with E-state index in [4.69, 9.17) is 4.42 Å². The van der Waals surface area contributed by atoms with Crippen molar-refractivity contribution in [3.05, 3.63) is 24.2 Å². The largest absolute Gasteiger partial charge is 0.469 e. The molecule has 0 aliphatic rings. The second-order valence-corrected chi connectivity index (χ2v) is 4.09. The SMILES string of the molecule is COC(=O)CC(NCc1ccco1)C(C)C. The van der Waals surface area contributed by atoms with Gasteiger partial charge in [0.15, 0.2) is 0 Å². The van der Waals surface area contributed by atoms with Crippen molar-refractivity contribution in [3.63, 3.8) is 0 Å². The predicted molar refractivity (Wildman–Crippen MR) is 60.8 cm³/mol. The lowest BCUT2D eigenvalue weighted by atomic mass is 10.0. The van der Waals surface area contributed by atoms with Gasteiger partial charge >= 0.3 is 5.97 Å². The van der Waals surface area contributed by atoms with E-state index in [-0.39, 0.29) is 12.0 Å². The second-order valence-electron chi connectivity index (χ2n) is 4.09. The van der Waals surface area contributed by atoms with Gasteiger partial charge in [-0.05, 0) is 18.1 Å². The van der Waals surface area contributed by atoms with Gasteiger partial charge in [-0.3, -0.25) is 4.79 Å². The van der Waals surface area contributed by atoms with Crippen LogP contribution in [-0.2, 0) is 16.1 Å². The molecular formula is C12H19NO3. The third-order valence-electron chi connectivity index (χ3n) is 2.54. The average Bonchev–Trinajstić information content (AvgIpc) is 2.76. The molecule has 1 unspecified atom stereocenters. The van der Waals surface area contributed by atoms with Crippen molar-refractivity contribution in [2.45, 2.75) is 32.9 Å². The van der Waals surface area contributed by atoms with E-state index in [1.54, 1.807) is 6.26 Å². The zero-order chi connectivity index (χ0) is 12.0. The van der Waals surface area contributed by atoms with Gasteiger partial charge < -0.3 is 14.5 Å². The Morgan fingerprint density at radius 3 is 2.81 bits per heavy atom. The molecule has 0 spiro atoms. The molecule has 1 atom stereocenters. The summed E-state index contributed by atoms with van der Waals surface area (Å²) in [6.45, 7) is 4.78. The Morgan fingerprint density at radius 2 is 2.31 bits per heavy atom. The van der Waals surface area contributed by atoms with Crippen LogP contribution < -0.4 is 5.32 Å². The minimum absolute atomic E-state index is 0.109. The van der Waals surface area contributed by atoms with E-state index >= 15 is 0 Å². The molecule has 0 radical (unpaired) electrons. The van der Waals surface area contributed by atoms with E-state index in [0.717, 1.165) is 5.76 Å². The maximum Gasteiger partial charge on any atom is 0.307 e. The van der Waals surface area contributed by atoms with Crippen LogP contribution in [0.5, 0.6) is 0 Å². The smallest absolute Gasteiger partial charge is 0.307 e. The molecule has 0 saturated carbocycles. The molecule has 1 aromatic rings. The van der Waals surface area contributed by atoms with Crippen LogP contribution in [0.3, 0.4) is 0 Å². The molecule has 4 nitrogen and oxygen atoms in total. The van der Waals surface area contributed by atoms with Crippen molar-refractivity contribution < 1.29 is 13.9 Å². The van der Waals surface area contributed by atoms with Gasteiger partial charge in [0.2, 0.25) is 0 Å². The Kier molecular flexibility index (Phi) is 5.05. The van der Waals surface area contributed by atoms with Gasteiger partial charge in [0.25, 0.3) is 0 Å². The summed E-state index contributed by atoms with van der Waals surface area (Å²) in [4.78, 5) is 11.2. The van der Waals surface area contributed by atoms with Crippen LogP contribution in [0, 0.1) is 5.92 Å². The van der Waals surface area contributed by atoms with Crippen LogP contribution in [0.15, 0.2) is 22.8 Å². The summed E-state index contributed by atoms with van der Waals surface area (Å²) >= 11 is 0. The maximum absolute atomic E-state index is 11.2. The number of hydrogen-bond acceptors (Lipinski definition) is 4. The van der Waals surface area contributed by atoms with Crippen molar-refractivity contribution in [2.75, 3.05) is 7.11 Å². The highest BCUT2D eigenvalue weighted by molar-refractivity contribution is 5.69. The van der Waals surface area contributed by atoms with Crippen LogP contribution in [-0.4, -0.2) is 19.1 Å². The van der Waals surface area contributed by atoms with Gasteiger partial charge in [-0.2, -0.15) is 0 Å². The Morgan fingerprint density at radius 1 is 1.56 bits per heavy atom. The highest BCUT2D eigenvalue weighted by atomic mass is 16.5. The van der Waals surface area contributed by atoms with Crippen molar-refractivity contribution in [2.24, 2.45) is 5.92 Å². The fourth-order valence-corrected chi connectivity index (χ4v) is 1.45. The first-order valence-electron chi connectivity index (χ1n) is 5.46. The number of nitrogens with one attached hydrogen (secondary N) is 1. The zero-order valence-corrected chi connectivity index (χ0v) is 10.0. The minimum atomic E-state index is -0.189. The average molecular weight is 225 g/mol. The van der Waals surface area contributed by atoms with Gasteiger partial charge in [-0.1, -0.05) is 13.8 Å². The van der Waals surface area contributed by atoms with Crippen LogP contribution in [0.2, 0.25) is 0 Å². The standard InChI is InChI=1S/C12H19NO3/c1-9(2)11(7-12(14)15-3)13-8-10-5-4-6-16-10/h4-6,9,11,13H,7-8H2,1-3H3. The monoisotopic (exact) mass is 225 g/mol. The number of carbonyl (C=O) groups excluding carboxylic acids is 1. The van der Waals surface area contributed by atoms with Gasteiger partial charge in [0.1, 0.15) is 5.76 Å². The van der Waals surface area contributed by atoms with Gasteiger partial charge in [-0.15, -0.1) is 0 Å². The number of hydrogen-bond donors (Lipinski definition) is 1. The highest BCUT2D eigenvalue weighted by Crippen LogP contribution is 2.09. The third kappa shape index (κ3) is 4.06. The number of ether oxygens (including phenoxy) is 1. The van der Waals surface area contributed by atoms with Crippen LogP contribution in [0.25, 0.3) is 0 Å². The second kappa shape index (κ2) is 6.33. The van der Waals surface area contributed by atoms with Crippen LogP contribution in [0.4, 0.5) is 0 Å². The number of carbonyl (C=O) groups is 1. The van der Waals surface area contributed by atoms with E-state index in [0.29, 0.717) is 18.9 Å². The zero-order valence-electron chi connectivity index (χ0n) is 10.0. The van der Waals surface area contributed by atoms with Crippen molar-refractivity contribution in [1.29, 1.82) is 0 Å². The van der Waals surface area contributed by atoms with Crippen molar-refractivity contribution >= 4 is 5.97 Å². The first-order chi connectivity index (χ1) is 7.63. The molecule has 90 valence electrons. The Balaban J connectivity index is 2.42. The molecule has 1 heterocycles. The normalized spacial score (nSPS) is 12.8. The Hall–Kier alpha value is -1.29. The lowest BCUT2D eigenvalue weighted by Gasteiger charge is -2.20. The molecule has 0 aliphatic carbocycles. The Bertz CT molecular complexity index is 306. The van der Waals surface area contributed by atoms with Gasteiger partial charge in [0.05, 0.1) is 26.3 Å². The summed E-state index contributed by atoms with van der Waals surface area (Å²) in [5.41, 5.74) is 0. The lowest BCUT2D eigenvalue weighted by molar-refractivity contribution is -0.141. The minimum Gasteiger partial charge on any atom is -0.469 e. The fourth-order valence-electron chi connectivity index (χ4n) is 1.45. The lowest BCUT2D eigenvalue weighted by Crippen LogP contribution is -2.35. The molecule has 4 heteroatoms. The van der Waals surface area contributed by atoms with Gasteiger partial charge in [-0.25, -0.2) is 0 Å². The molecule has 1 aromatic heterocycles. The summed E-state index contributed by atoms with van der Waals surface area (Å²) < 4.78 is 9.88. The topological polar surface area (TPSA) is 51.5 Å². The van der Waals surface area contributed by atoms with E-state index in [1.165, 1.54) is 7.11 Å². The molecule has 0 aromatic carbocycles. The predicted octanol–water partition coefficient (Wildman–Crippen LogP) is 1.96. The van der Waals surface area contributed by atoms with E-state index in [2.05, 4.69) is 23.9 Å². The van der Waals surface area contributed by atoms with Crippen molar-refractivity contribution in [1.82, 2.24) is 5.32 Å². The van der Waals surface area contributed by atoms with E-state index in [9.17, 15) is 4.79 Å². The summed E-state index contributed by atoms with van der Waals surface area (Å²) in [5, 5.41) is 3.29. The number of furan rings is 1. The van der Waals surface area contributed by atoms with Crippen molar-refractivity contribution in [3.8, 4) is 0 Å². The number of methoxy groups -OCH3 is 1. The summed E-state index contributed by atoms with van der Waals surface area (Å²) in [6.07, 6.45) is 2.02. The van der Waals surface area contributed by atoms with Gasteiger partial charge in [0, 0.05) is 6.04 Å². The first-order valence-corrected chi connectivity index (χ1v) is 5.46. The molecule has 0 amide bonds. The molecular weight excluding hydrogens is 206 g/mol. The molecule has 1 rings (SSSR count). The fraction of sp³-hybridized carbons (Fsp3) is 0.583. The molecule has 0 saturated heterocycles. The van der Waals surface area contributed by atoms with Crippen LogP contribution >= 0.6 is 0 Å². The number of esters is 1. The Labute approximate surface area is 96.0 Å². The summed E-state index contributed by atoms with van der Waals surface area (Å²) in [7, 11) is 1.41. The van der Waals surface area contributed by atoms with Crippen LogP contribution in [0.1, 0.15) is 26.0 Å². The molecule has 0 fully saturated rings. The molecule has 0 aliphatic heterocycles. The first kappa shape index (κ1) is 12.8. The highest BCUT2D eigenvalue weighted by Gasteiger charge is 2.17. The van der Waals surface area contributed by atoms with E-state index < -0.39 is 0 Å². The number of rotatable bonds is 6. The summed E-state index contributed by atoms with van der Waals surface area (Å²) in [5.74, 6) is 1.05. The molecule has 1 N–H and O–H groups in total. The third-order valence-corrected chi connectivity index (χ3v) is 2.54. The maximum atomic E-state index is 11.2.